The molecule has 0 amide bonds. The average molecular weight is 1420 g/mol. The van der Waals surface area contributed by atoms with Gasteiger partial charge in [-0.1, -0.05) is 329 Å². The van der Waals surface area contributed by atoms with Gasteiger partial charge in [-0.15, -0.1) is 0 Å². The standard InChI is InChI=1S/C78H148O17P2/c1-7-9-11-13-15-16-17-18-21-27-33-38-44-50-56-62-77(82)94-73(66-88-75(80)60-54-48-40-14-12-10-8-2)68-92-96(84,85)90-64-72(79)65-91-97(86,87)93-69-74(67-89-76(81)61-55-49-43-37-32-29-24-26-31-36-42-47-53-59-71(5)6)95-78(83)63-57-51-45-39-34-28-23-20-19-22-25-30-35-41-46-52-58-70(3)4/h16-18,21,70-74,79H,7-15,19-20,22-69H2,1-6H3,(H,84,85)(H,86,87)/b17-16-,21-18-/t72-,73+,74+/m0/s1. The molecule has 0 aliphatic rings. The normalized spacial score (nSPS) is 14.1. The largest absolute Gasteiger partial charge is 0.472 e. The highest BCUT2D eigenvalue weighted by Crippen LogP contribution is 2.45. The second-order valence-electron chi connectivity index (χ2n) is 28.4. The molecule has 0 radical (unpaired) electrons. The Labute approximate surface area is 592 Å². The molecule has 0 aromatic heterocycles. The van der Waals surface area contributed by atoms with Crippen LogP contribution in [-0.2, 0) is 65.4 Å². The quantitative estimate of drug-likeness (QED) is 0.0169. The lowest BCUT2D eigenvalue weighted by atomic mass is 10.0. The van der Waals surface area contributed by atoms with Crippen LogP contribution in [0, 0.1) is 11.8 Å². The Hall–Kier alpha value is -2.46. The van der Waals surface area contributed by atoms with E-state index in [9.17, 15) is 43.2 Å². The average Bonchev–Trinajstić information content (AvgIpc) is 1.34. The minimum Gasteiger partial charge on any atom is -0.462 e. The molecule has 5 atom stereocenters. The first-order valence-electron chi connectivity index (χ1n) is 39.8. The summed E-state index contributed by atoms with van der Waals surface area (Å²) < 4.78 is 68.4. The summed E-state index contributed by atoms with van der Waals surface area (Å²) in [4.78, 5) is 72.7. The zero-order valence-electron chi connectivity index (χ0n) is 62.9. The number of ether oxygens (including phenoxy) is 4. The molecule has 0 bridgehead atoms. The smallest absolute Gasteiger partial charge is 0.462 e. The third-order valence-electron chi connectivity index (χ3n) is 17.6. The number of carbonyl (C=O) groups excluding carboxylic acids is 4. The molecular formula is C78H148O17P2. The summed E-state index contributed by atoms with van der Waals surface area (Å²) in [5.41, 5.74) is 0. The van der Waals surface area contributed by atoms with E-state index in [0.29, 0.717) is 25.7 Å². The number of aliphatic hydroxyl groups excluding tert-OH is 1. The second kappa shape index (κ2) is 69.3. The highest BCUT2D eigenvalue weighted by molar-refractivity contribution is 7.47. The van der Waals surface area contributed by atoms with E-state index in [0.717, 1.165) is 127 Å². The number of allylic oxidation sites excluding steroid dienone is 4. The van der Waals surface area contributed by atoms with Crippen molar-refractivity contribution in [1.29, 1.82) is 0 Å². The van der Waals surface area contributed by atoms with E-state index in [1.165, 1.54) is 173 Å². The molecule has 2 unspecified atom stereocenters. The van der Waals surface area contributed by atoms with Crippen molar-refractivity contribution in [2.75, 3.05) is 39.6 Å². The van der Waals surface area contributed by atoms with Crippen LogP contribution in [0.1, 0.15) is 382 Å². The molecule has 19 heteroatoms. The van der Waals surface area contributed by atoms with Crippen LogP contribution >= 0.6 is 15.6 Å². The van der Waals surface area contributed by atoms with Crippen molar-refractivity contribution in [2.24, 2.45) is 11.8 Å². The van der Waals surface area contributed by atoms with Crippen molar-refractivity contribution in [2.45, 2.75) is 400 Å². The molecule has 17 nitrogen and oxygen atoms in total. The van der Waals surface area contributed by atoms with Gasteiger partial charge >= 0.3 is 39.5 Å². The molecule has 0 rings (SSSR count). The van der Waals surface area contributed by atoms with Gasteiger partial charge in [-0.2, -0.15) is 0 Å². The van der Waals surface area contributed by atoms with Gasteiger partial charge in [0.1, 0.15) is 19.3 Å². The summed E-state index contributed by atoms with van der Waals surface area (Å²) in [6.45, 7) is 9.55. The monoisotopic (exact) mass is 1420 g/mol. The van der Waals surface area contributed by atoms with Crippen LogP contribution in [0.3, 0.4) is 0 Å². The van der Waals surface area contributed by atoms with Crippen LogP contribution < -0.4 is 0 Å². The number of aliphatic hydroxyl groups is 1. The summed E-state index contributed by atoms with van der Waals surface area (Å²) in [5.74, 6) is -0.550. The SMILES string of the molecule is CCCCCC/C=C\C=C/CCCCCCCC(=O)O[C@H](COC(=O)CCCCCCCCC)COP(=O)(O)OC[C@H](O)COP(=O)(O)OC[C@@H](COC(=O)CCCCCCCCCCCCCCCC(C)C)OC(=O)CCCCCCCCCCCCCCCCCCC(C)C. The molecule has 572 valence electrons. The van der Waals surface area contributed by atoms with E-state index in [-0.39, 0.29) is 25.7 Å². The number of esters is 4. The highest BCUT2D eigenvalue weighted by Gasteiger charge is 2.30. The lowest BCUT2D eigenvalue weighted by Crippen LogP contribution is -2.30. The minimum atomic E-state index is -4.96. The summed E-state index contributed by atoms with van der Waals surface area (Å²) in [5, 5.41) is 10.6. The predicted molar refractivity (Wildman–Crippen MR) is 395 cm³/mol. The molecular weight excluding hydrogens is 1270 g/mol. The predicted octanol–water partition coefficient (Wildman–Crippen LogP) is 22.7. The highest BCUT2D eigenvalue weighted by atomic mass is 31.2. The van der Waals surface area contributed by atoms with Gasteiger partial charge in [-0.3, -0.25) is 37.3 Å². The van der Waals surface area contributed by atoms with E-state index in [1.807, 2.05) is 0 Å². The van der Waals surface area contributed by atoms with Gasteiger partial charge in [0.05, 0.1) is 26.4 Å². The lowest BCUT2D eigenvalue weighted by Gasteiger charge is -2.21. The fourth-order valence-electron chi connectivity index (χ4n) is 11.5. The maximum absolute atomic E-state index is 13.1. The van der Waals surface area contributed by atoms with Crippen LogP contribution in [0.2, 0.25) is 0 Å². The van der Waals surface area contributed by atoms with E-state index in [1.54, 1.807) is 0 Å². The Balaban J connectivity index is 5.22. The number of phosphoric ester groups is 2. The first-order chi connectivity index (χ1) is 46.9. The van der Waals surface area contributed by atoms with Gasteiger partial charge < -0.3 is 33.8 Å². The van der Waals surface area contributed by atoms with E-state index < -0.39 is 97.5 Å². The second-order valence-corrected chi connectivity index (χ2v) is 31.3. The van der Waals surface area contributed by atoms with Gasteiger partial charge in [0, 0.05) is 25.7 Å². The molecule has 0 fully saturated rings. The van der Waals surface area contributed by atoms with Crippen LogP contribution in [0.5, 0.6) is 0 Å². The lowest BCUT2D eigenvalue weighted by molar-refractivity contribution is -0.161. The summed E-state index contributed by atoms with van der Waals surface area (Å²) >= 11 is 0. The van der Waals surface area contributed by atoms with Gasteiger partial charge in [0.25, 0.3) is 0 Å². The molecule has 97 heavy (non-hydrogen) atoms. The first kappa shape index (κ1) is 94.5. The van der Waals surface area contributed by atoms with Crippen LogP contribution in [0.25, 0.3) is 0 Å². The fraction of sp³-hybridized carbons (Fsp3) is 0.897. The summed E-state index contributed by atoms with van der Waals surface area (Å²) in [7, 11) is -9.92. The Kier molecular flexibility index (Phi) is 67.5. The number of phosphoric acid groups is 2. The van der Waals surface area contributed by atoms with Crippen molar-refractivity contribution in [1.82, 2.24) is 0 Å². The van der Waals surface area contributed by atoms with Gasteiger partial charge in [0.2, 0.25) is 0 Å². The van der Waals surface area contributed by atoms with Crippen molar-refractivity contribution in [3.63, 3.8) is 0 Å². The van der Waals surface area contributed by atoms with Crippen molar-refractivity contribution in [3.8, 4) is 0 Å². The van der Waals surface area contributed by atoms with E-state index in [2.05, 4.69) is 65.8 Å². The Bertz CT molecular complexity index is 1970. The molecule has 3 N–H and O–H groups in total. The number of carbonyl (C=O) groups is 4. The molecule has 0 aromatic carbocycles. The van der Waals surface area contributed by atoms with Crippen molar-refractivity contribution < 1.29 is 80.2 Å². The van der Waals surface area contributed by atoms with E-state index in [4.69, 9.17) is 37.0 Å². The van der Waals surface area contributed by atoms with Crippen LogP contribution in [0.4, 0.5) is 0 Å². The maximum Gasteiger partial charge on any atom is 0.472 e. The number of hydrogen-bond donors (Lipinski definition) is 3. The third-order valence-corrected chi connectivity index (χ3v) is 19.5. The number of rotatable bonds is 75. The van der Waals surface area contributed by atoms with Gasteiger partial charge in [-0.05, 0) is 63.2 Å². The third kappa shape index (κ3) is 71.7. The molecule has 0 saturated carbocycles. The molecule has 0 heterocycles. The maximum atomic E-state index is 13.1. The number of hydrogen-bond acceptors (Lipinski definition) is 15. The van der Waals surface area contributed by atoms with E-state index >= 15 is 0 Å². The Morgan fingerprint density at radius 1 is 0.320 bits per heavy atom. The van der Waals surface area contributed by atoms with Crippen molar-refractivity contribution >= 4 is 39.5 Å². The Morgan fingerprint density at radius 2 is 0.557 bits per heavy atom. The number of unbranched alkanes of at least 4 members (excludes halogenated alkanes) is 42. The summed E-state index contributed by atoms with van der Waals surface area (Å²) in [6, 6.07) is 0. The van der Waals surface area contributed by atoms with Crippen molar-refractivity contribution in [3.05, 3.63) is 24.3 Å². The molecule has 0 saturated heterocycles. The fourth-order valence-corrected chi connectivity index (χ4v) is 13.0. The zero-order chi connectivity index (χ0) is 71.4. The van der Waals surface area contributed by atoms with Crippen LogP contribution in [0.15, 0.2) is 24.3 Å². The summed E-state index contributed by atoms with van der Waals surface area (Å²) in [6.07, 6.45) is 60.6. The molecule has 0 aliphatic carbocycles. The van der Waals surface area contributed by atoms with Gasteiger partial charge in [0.15, 0.2) is 12.2 Å². The molecule has 0 spiro atoms. The van der Waals surface area contributed by atoms with Gasteiger partial charge in [-0.25, -0.2) is 9.13 Å². The zero-order valence-corrected chi connectivity index (χ0v) is 64.7. The first-order valence-corrected chi connectivity index (χ1v) is 42.8. The minimum absolute atomic E-state index is 0.0847. The topological polar surface area (TPSA) is 237 Å². The molecule has 0 aromatic rings. The molecule has 0 aliphatic heterocycles. The van der Waals surface area contributed by atoms with Crippen LogP contribution in [-0.4, -0.2) is 96.7 Å². The Morgan fingerprint density at radius 3 is 0.845 bits per heavy atom.